The number of primary amides is 1. The number of nitrogens with one attached hydrogen (secondary N) is 1. The SMILES string of the molecule is Cc1ccc(Nc2c(C(N)=O)c(Oc3ccc(F)cc3C)cc(=O)n2C)c(F)c1. The van der Waals surface area contributed by atoms with E-state index in [2.05, 4.69) is 5.32 Å². The van der Waals surface area contributed by atoms with Gasteiger partial charge in [-0.1, -0.05) is 6.07 Å². The van der Waals surface area contributed by atoms with Crippen LogP contribution in [0.1, 0.15) is 21.5 Å². The molecule has 0 atom stereocenters. The number of rotatable bonds is 5. The van der Waals surface area contributed by atoms with Gasteiger partial charge in [-0.3, -0.25) is 14.2 Å². The molecule has 0 spiro atoms. The number of benzene rings is 2. The fourth-order valence-electron chi connectivity index (χ4n) is 2.84. The fourth-order valence-corrected chi connectivity index (χ4v) is 2.84. The minimum atomic E-state index is -0.884. The number of ether oxygens (including phenoxy) is 1. The lowest BCUT2D eigenvalue weighted by molar-refractivity contribution is 0.0998. The Hall–Kier alpha value is -3.68. The summed E-state index contributed by atoms with van der Waals surface area (Å²) in [6.45, 7) is 3.35. The molecule has 3 aromatic rings. The Kier molecular flexibility index (Phi) is 5.36. The van der Waals surface area contributed by atoms with E-state index in [0.717, 1.165) is 10.6 Å². The lowest BCUT2D eigenvalue weighted by Gasteiger charge is -2.18. The van der Waals surface area contributed by atoms with E-state index in [1.807, 2.05) is 0 Å². The number of pyridine rings is 1. The number of carbonyl (C=O) groups excluding carboxylic acids is 1. The van der Waals surface area contributed by atoms with Crippen LogP contribution < -0.4 is 21.3 Å². The molecule has 8 heteroatoms. The molecular weight excluding hydrogens is 380 g/mol. The van der Waals surface area contributed by atoms with Gasteiger partial charge in [0.15, 0.2) is 0 Å². The van der Waals surface area contributed by atoms with E-state index in [4.69, 9.17) is 10.5 Å². The van der Waals surface area contributed by atoms with Gasteiger partial charge in [0.2, 0.25) is 0 Å². The molecule has 6 nitrogen and oxygen atoms in total. The summed E-state index contributed by atoms with van der Waals surface area (Å²) in [5, 5.41) is 2.76. The molecule has 3 rings (SSSR count). The van der Waals surface area contributed by atoms with Gasteiger partial charge < -0.3 is 15.8 Å². The van der Waals surface area contributed by atoms with Crippen LogP contribution in [0.3, 0.4) is 0 Å². The summed E-state index contributed by atoms with van der Waals surface area (Å²) in [6.07, 6.45) is 0. The first-order valence-electron chi connectivity index (χ1n) is 8.68. The third kappa shape index (κ3) is 4.11. The third-order valence-corrected chi connectivity index (χ3v) is 4.38. The molecule has 0 saturated carbocycles. The molecule has 0 saturated heterocycles. The van der Waals surface area contributed by atoms with E-state index >= 15 is 0 Å². The summed E-state index contributed by atoms with van der Waals surface area (Å²) in [6, 6.07) is 9.38. The largest absolute Gasteiger partial charge is 0.456 e. The molecule has 0 fully saturated rings. The van der Waals surface area contributed by atoms with Gasteiger partial charge in [0.1, 0.15) is 34.5 Å². The molecule has 0 aliphatic carbocycles. The summed E-state index contributed by atoms with van der Waals surface area (Å²) >= 11 is 0. The summed E-state index contributed by atoms with van der Waals surface area (Å²) in [7, 11) is 1.41. The smallest absolute Gasteiger partial charge is 0.256 e. The standard InChI is InChI=1S/C21H19F2N3O3/c1-11-4-6-15(14(23)8-11)25-21-19(20(24)28)17(10-18(27)26(21)3)29-16-7-5-13(22)9-12(16)2/h4-10,25H,1-3H3,(H2,24,28). The Bertz CT molecular complexity index is 1170. The van der Waals surface area contributed by atoms with Crippen LogP contribution in [0.15, 0.2) is 47.3 Å². The second-order valence-corrected chi connectivity index (χ2v) is 6.61. The van der Waals surface area contributed by atoms with Crippen molar-refractivity contribution in [1.82, 2.24) is 4.57 Å². The predicted molar refractivity (Wildman–Crippen MR) is 106 cm³/mol. The number of amides is 1. The topological polar surface area (TPSA) is 86.3 Å². The Morgan fingerprint density at radius 1 is 1.07 bits per heavy atom. The number of anilines is 2. The number of hydrogen-bond acceptors (Lipinski definition) is 4. The van der Waals surface area contributed by atoms with Gasteiger partial charge in [0.25, 0.3) is 11.5 Å². The van der Waals surface area contributed by atoms with Crippen molar-refractivity contribution < 1.29 is 18.3 Å². The zero-order valence-electron chi connectivity index (χ0n) is 16.0. The molecule has 29 heavy (non-hydrogen) atoms. The number of hydrogen-bond donors (Lipinski definition) is 2. The van der Waals surface area contributed by atoms with Crippen LogP contribution in [0, 0.1) is 25.5 Å². The van der Waals surface area contributed by atoms with Gasteiger partial charge in [-0.25, -0.2) is 8.78 Å². The van der Waals surface area contributed by atoms with Crippen LogP contribution in [0.2, 0.25) is 0 Å². The van der Waals surface area contributed by atoms with E-state index < -0.39 is 23.1 Å². The molecule has 3 N–H and O–H groups in total. The highest BCUT2D eigenvalue weighted by Crippen LogP contribution is 2.32. The lowest BCUT2D eigenvalue weighted by Crippen LogP contribution is -2.25. The molecule has 1 heterocycles. The van der Waals surface area contributed by atoms with Crippen molar-refractivity contribution in [2.24, 2.45) is 12.8 Å². The Balaban J connectivity index is 2.15. The van der Waals surface area contributed by atoms with E-state index in [1.54, 1.807) is 19.9 Å². The van der Waals surface area contributed by atoms with Crippen LogP contribution in [0.4, 0.5) is 20.3 Å². The number of halogens is 2. The van der Waals surface area contributed by atoms with Crippen LogP contribution in [0.25, 0.3) is 0 Å². The van der Waals surface area contributed by atoms with E-state index in [0.29, 0.717) is 11.1 Å². The van der Waals surface area contributed by atoms with Crippen LogP contribution in [-0.2, 0) is 7.05 Å². The summed E-state index contributed by atoms with van der Waals surface area (Å²) < 4.78 is 34.5. The van der Waals surface area contributed by atoms with Crippen LogP contribution >= 0.6 is 0 Å². The molecule has 2 aromatic carbocycles. The average Bonchev–Trinajstić information content (AvgIpc) is 2.63. The number of carbonyl (C=O) groups is 1. The fraction of sp³-hybridized carbons (Fsp3) is 0.143. The van der Waals surface area contributed by atoms with Crippen molar-refractivity contribution in [2.45, 2.75) is 13.8 Å². The third-order valence-electron chi connectivity index (χ3n) is 4.38. The van der Waals surface area contributed by atoms with Crippen LogP contribution in [-0.4, -0.2) is 10.5 Å². The zero-order chi connectivity index (χ0) is 21.3. The van der Waals surface area contributed by atoms with Gasteiger partial charge >= 0.3 is 0 Å². The van der Waals surface area contributed by atoms with Crippen LogP contribution in [0.5, 0.6) is 11.5 Å². The first-order valence-corrected chi connectivity index (χ1v) is 8.68. The number of aromatic nitrogens is 1. The first-order chi connectivity index (χ1) is 13.7. The highest BCUT2D eigenvalue weighted by molar-refractivity contribution is 6.01. The van der Waals surface area contributed by atoms with Crippen molar-refractivity contribution in [3.63, 3.8) is 0 Å². The number of aryl methyl sites for hydroxylation is 2. The first kappa shape index (κ1) is 20.1. The van der Waals surface area contributed by atoms with Crippen molar-refractivity contribution in [1.29, 1.82) is 0 Å². The van der Waals surface area contributed by atoms with Crippen molar-refractivity contribution in [3.05, 3.63) is 81.1 Å². The van der Waals surface area contributed by atoms with Crippen molar-refractivity contribution >= 4 is 17.4 Å². The zero-order valence-corrected chi connectivity index (χ0v) is 16.0. The Labute approximate surface area is 165 Å². The molecular formula is C21H19F2N3O3. The number of nitrogens with zero attached hydrogens (tertiary/aromatic N) is 1. The highest BCUT2D eigenvalue weighted by atomic mass is 19.1. The highest BCUT2D eigenvalue weighted by Gasteiger charge is 2.22. The normalized spacial score (nSPS) is 10.7. The molecule has 0 radical (unpaired) electrons. The van der Waals surface area contributed by atoms with E-state index in [9.17, 15) is 18.4 Å². The molecule has 0 bridgehead atoms. The molecule has 0 aliphatic rings. The maximum absolute atomic E-state index is 14.3. The quantitative estimate of drug-likeness (QED) is 0.681. The number of nitrogens with two attached hydrogens (primary N) is 1. The molecule has 0 aliphatic heterocycles. The Morgan fingerprint density at radius 2 is 1.79 bits per heavy atom. The van der Waals surface area contributed by atoms with Gasteiger partial charge in [0.05, 0.1) is 5.69 Å². The Morgan fingerprint density at radius 3 is 2.41 bits per heavy atom. The van der Waals surface area contributed by atoms with Gasteiger partial charge in [-0.05, 0) is 55.3 Å². The summed E-state index contributed by atoms with van der Waals surface area (Å²) in [5.74, 6) is -1.80. The molecule has 0 unspecified atom stereocenters. The molecule has 1 amide bonds. The van der Waals surface area contributed by atoms with Gasteiger partial charge in [-0.2, -0.15) is 0 Å². The maximum atomic E-state index is 14.3. The van der Waals surface area contributed by atoms with Gasteiger partial charge in [-0.15, -0.1) is 0 Å². The average molecular weight is 399 g/mol. The lowest BCUT2D eigenvalue weighted by atomic mass is 10.1. The summed E-state index contributed by atoms with van der Waals surface area (Å²) in [5.41, 5.74) is 6.11. The van der Waals surface area contributed by atoms with Crippen molar-refractivity contribution in [3.8, 4) is 11.5 Å². The van der Waals surface area contributed by atoms with Gasteiger partial charge in [0, 0.05) is 13.1 Å². The minimum absolute atomic E-state index is 0.0254. The monoisotopic (exact) mass is 399 g/mol. The van der Waals surface area contributed by atoms with Crippen molar-refractivity contribution in [2.75, 3.05) is 5.32 Å². The van der Waals surface area contributed by atoms with E-state index in [-0.39, 0.29) is 28.6 Å². The summed E-state index contributed by atoms with van der Waals surface area (Å²) in [4.78, 5) is 24.6. The second-order valence-electron chi connectivity index (χ2n) is 6.61. The predicted octanol–water partition coefficient (Wildman–Crippen LogP) is 3.92. The van der Waals surface area contributed by atoms with E-state index in [1.165, 1.54) is 37.4 Å². The minimum Gasteiger partial charge on any atom is -0.456 e. The molecule has 150 valence electrons. The second kappa shape index (κ2) is 7.75. The maximum Gasteiger partial charge on any atom is 0.256 e. The molecule has 1 aromatic heterocycles.